The second-order valence-corrected chi connectivity index (χ2v) is 6.75. The van der Waals surface area contributed by atoms with E-state index in [0.717, 1.165) is 25.7 Å². The first-order valence-electron chi connectivity index (χ1n) is 9.46. The first-order valence-corrected chi connectivity index (χ1v) is 9.46. The van der Waals surface area contributed by atoms with Crippen LogP contribution in [-0.4, -0.2) is 73.8 Å². The van der Waals surface area contributed by atoms with Crippen LogP contribution in [0.15, 0.2) is 12.2 Å². The van der Waals surface area contributed by atoms with Crippen LogP contribution in [-0.2, 0) is 23.9 Å². The smallest absolute Gasteiger partial charge is 0.408 e. The normalized spacial score (nSPS) is 22.1. The third-order valence-electron chi connectivity index (χ3n) is 4.66. The molecular formula is C18H28N4O6. The van der Waals surface area contributed by atoms with Crippen molar-refractivity contribution < 1.29 is 28.7 Å². The van der Waals surface area contributed by atoms with Gasteiger partial charge in [-0.2, -0.15) is 0 Å². The van der Waals surface area contributed by atoms with Gasteiger partial charge in [0.25, 0.3) is 0 Å². The van der Waals surface area contributed by atoms with Gasteiger partial charge in [0.15, 0.2) is 5.78 Å². The Labute approximate surface area is 164 Å². The highest BCUT2D eigenvalue weighted by molar-refractivity contribution is 6.04. The number of carbonyl (C=O) groups is 4. The molecule has 2 amide bonds. The lowest BCUT2D eigenvalue weighted by Gasteiger charge is -2.32. The zero-order chi connectivity index (χ0) is 20.4. The molecule has 0 aromatic carbocycles. The van der Waals surface area contributed by atoms with Crippen LogP contribution in [0.25, 0.3) is 0 Å². The van der Waals surface area contributed by atoms with E-state index in [2.05, 4.69) is 16.0 Å². The topological polar surface area (TPSA) is 126 Å². The Bertz CT molecular complexity index is 609. The Morgan fingerprint density at radius 1 is 1.07 bits per heavy atom. The fourth-order valence-corrected chi connectivity index (χ4v) is 3.21. The van der Waals surface area contributed by atoms with Gasteiger partial charge >= 0.3 is 12.1 Å². The minimum absolute atomic E-state index is 0.0248. The molecule has 1 saturated carbocycles. The van der Waals surface area contributed by atoms with Gasteiger partial charge in [0.1, 0.15) is 13.5 Å². The Hall–Kier alpha value is -2.46. The van der Waals surface area contributed by atoms with E-state index in [1.165, 1.54) is 24.0 Å². The Morgan fingerprint density at radius 2 is 1.71 bits per heavy atom. The van der Waals surface area contributed by atoms with E-state index in [1.54, 1.807) is 0 Å². The third-order valence-corrected chi connectivity index (χ3v) is 4.66. The van der Waals surface area contributed by atoms with Gasteiger partial charge in [0.2, 0.25) is 5.91 Å². The first kappa shape index (κ1) is 21.8. The van der Waals surface area contributed by atoms with Gasteiger partial charge in [-0.3, -0.25) is 25.0 Å². The van der Waals surface area contributed by atoms with Gasteiger partial charge in [0, 0.05) is 38.2 Å². The van der Waals surface area contributed by atoms with E-state index in [1.807, 2.05) is 0 Å². The number of esters is 1. The molecule has 0 aromatic rings. The summed E-state index contributed by atoms with van der Waals surface area (Å²) in [5.74, 6) is -0.726. The van der Waals surface area contributed by atoms with Crippen LogP contribution < -0.4 is 16.0 Å². The Balaban J connectivity index is 1.61. The predicted octanol–water partition coefficient (Wildman–Crippen LogP) is -0.351. The lowest BCUT2D eigenvalue weighted by Crippen LogP contribution is -2.51. The van der Waals surface area contributed by atoms with Crippen molar-refractivity contribution in [3.05, 3.63) is 12.2 Å². The molecule has 2 aliphatic rings. The number of carbonyl (C=O) groups excluding carboxylic acids is 4. The molecule has 2 rings (SSSR count). The van der Waals surface area contributed by atoms with Gasteiger partial charge in [-0.15, -0.1) is 0 Å². The Morgan fingerprint density at radius 3 is 2.36 bits per heavy atom. The lowest BCUT2D eigenvalue weighted by molar-refractivity contribution is -0.142. The van der Waals surface area contributed by atoms with Crippen LogP contribution >= 0.6 is 0 Å². The van der Waals surface area contributed by atoms with Crippen LogP contribution in [0.5, 0.6) is 0 Å². The van der Waals surface area contributed by atoms with Crippen LogP contribution in [0.4, 0.5) is 4.79 Å². The molecule has 0 radical (unpaired) electrons. The van der Waals surface area contributed by atoms with Crippen LogP contribution in [0, 0.1) is 0 Å². The molecule has 0 bridgehead atoms. The fourth-order valence-electron chi connectivity index (χ4n) is 3.21. The van der Waals surface area contributed by atoms with E-state index in [9.17, 15) is 19.2 Å². The maximum atomic E-state index is 11.8. The van der Waals surface area contributed by atoms with E-state index < -0.39 is 6.09 Å². The number of alkyl carbamates (subject to hydrolysis) is 1. The fraction of sp³-hybridized carbons (Fsp3) is 0.667. The summed E-state index contributed by atoms with van der Waals surface area (Å²) >= 11 is 0. The molecule has 156 valence electrons. The van der Waals surface area contributed by atoms with Crippen molar-refractivity contribution in [1.29, 1.82) is 0 Å². The number of ketones is 1. The zero-order valence-electron chi connectivity index (χ0n) is 16.1. The monoisotopic (exact) mass is 396 g/mol. The molecule has 1 fully saturated rings. The number of rotatable bonds is 9. The van der Waals surface area contributed by atoms with Crippen molar-refractivity contribution >= 4 is 23.8 Å². The van der Waals surface area contributed by atoms with Crippen molar-refractivity contribution in [1.82, 2.24) is 20.9 Å². The van der Waals surface area contributed by atoms with Gasteiger partial charge in [-0.25, -0.2) is 4.79 Å². The molecule has 10 nitrogen and oxygen atoms in total. The highest BCUT2D eigenvalue weighted by atomic mass is 16.6. The van der Waals surface area contributed by atoms with Crippen LogP contribution in [0.3, 0.4) is 0 Å². The second-order valence-electron chi connectivity index (χ2n) is 6.75. The first-order chi connectivity index (χ1) is 13.5. The summed E-state index contributed by atoms with van der Waals surface area (Å²) < 4.78 is 10.0. The SMILES string of the molecule is CC(=O)OCN[C@@H]1CCCCC1NCOC(=O)NCCN1CC(=O)C=CC1=O. The molecule has 0 spiro atoms. The molecule has 1 heterocycles. The summed E-state index contributed by atoms with van der Waals surface area (Å²) in [6, 6.07) is 0.247. The maximum absolute atomic E-state index is 11.8. The molecule has 3 N–H and O–H groups in total. The quantitative estimate of drug-likeness (QED) is 0.357. The minimum atomic E-state index is -0.598. The van der Waals surface area contributed by atoms with Crippen molar-refractivity contribution in [2.24, 2.45) is 0 Å². The second kappa shape index (κ2) is 11.4. The lowest BCUT2D eigenvalue weighted by atomic mass is 9.90. The average Bonchev–Trinajstić information content (AvgIpc) is 2.65. The van der Waals surface area contributed by atoms with Crippen molar-refractivity contribution in [3.63, 3.8) is 0 Å². The summed E-state index contributed by atoms with van der Waals surface area (Å²) in [5.41, 5.74) is 0. The van der Waals surface area contributed by atoms with Gasteiger partial charge in [-0.05, 0) is 18.9 Å². The van der Waals surface area contributed by atoms with Crippen molar-refractivity contribution in [2.75, 3.05) is 33.1 Å². The van der Waals surface area contributed by atoms with E-state index in [-0.39, 0.29) is 62.8 Å². The van der Waals surface area contributed by atoms with Gasteiger partial charge in [-0.1, -0.05) is 12.8 Å². The average molecular weight is 396 g/mol. The molecular weight excluding hydrogens is 368 g/mol. The minimum Gasteiger partial charge on any atom is -0.450 e. The number of nitrogens with zero attached hydrogens (tertiary/aromatic N) is 1. The standard InChI is InChI=1S/C18H28N4O6/c1-13(23)27-11-20-15-4-2-3-5-16(15)21-12-28-18(26)19-8-9-22-10-14(24)6-7-17(22)25/h6-7,15-16,20-21H,2-5,8-12H2,1H3,(H,19,26)/t15-,16?/m1/s1. The molecule has 0 aromatic heterocycles. The van der Waals surface area contributed by atoms with E-state index in [0.29, 0.717) is 0 Å². The van der Waals surface area contributed by atoms with Crippen LogP contribution in [0.1, 0.15) is 32.6 Å². The highest BCUT2D eigenvalue weighted by Crippen LogP contribution is 2.18. The molecule has 1 aliphatic carbocycles. The number of amides is 2. The number of nitrogens with one attached hydrogen (secondary N) is 3. The molecule has 0 saturated heterocycles. The molecule has 10 heteroatoms. The zero-order valence-corrected chi connectivity index (χ0v) is 16.1. The molecule has 2 atom stereocenters. The maximum Gasteiger partial charge on any atom is 0.408 e. The van der Waals surface area contributed by atoms with Crippen LogP contribution in [0.2, 0.25) is 0 Å². The van der Waals surface area contributed by atoms with Gasteiger partial charge < -0.3 is 19.7 Å². The van der Waals surface area contributed by atoms with Gasteiger partial charge in [0.05, 0.1) is 6.54 Å². The van der Waals surface area contributed by atoms with E-state index in [4.69, 9.17) is 9.47 Å². The van der Waals surface area contributed by atoms with E-state index >= 15 is 0 Å². The summed E-state index contributed by atoms with van der Waals surface area (Å²) in [7, 11) is 0. The predicted molar refractivity (Wildman–Crippen MR) is 99.0 cm³/mol. The summed E-state index contributed by atoms with van der Waals surface area (Å²) in [5, 5.41) is 8.93. The van der Waals surface area contributed by atoms with Crippen molar-refractivity contribution in [2.45, 2.75) is 44.7 Å². The molecule has 1 aliphatic heterocycles. The third kappa shape index (κ3) is 7.65. The highest BCUT2D eigenvalue weighted by Gasteiger charge is 2.24. The van der Waals surface area contributed by atoms with Crippen molar-refractivity contribution in [3.8, 4) is 0 Å². The summed E-state index contributed by atoms with van der Waals surface area (Å²) in [4.78, 5) is 46.9. The summed E-state index contributed by atoms with van der Waals surface area (Å²) in [6.45, 7) is 2.03. The number of ether oxygens (including phenoxy) is 2. The molecule has 28 heavy (non-hydrogen) atoms. The Kier molecular flexibility index (Phi) is 8.89. The summed E-state index contributed by atoms with van der Waals surface area (Å²) in [6.07, 6.45) is 5.93. The molecule has 1 unspecified atom stereocenters. The number of hydrogen-bond donors (Lipinski definition) is 3. The largest absolute Gasteiger partial charge is 0.450 e. The number of hydrogen-bond acceptors (Lipinski definition) is 8.